The highest BCUT2D eigenvalue weighted by molar-refractivity contribution is 5.96. The number of nitrogens with two attached hydrogens (primary N) is 1. The lowest BCUT2D eigenvalue weighted by Crippen LogP contribution is -2.35. The number of hydrogen-bond acceptors (Lipinski definition) is 3. The Kier molecular flexibility index (Phi) is 5.45. The average molecular weight is 321 g/mol. The number of carbonyl (C=O) groups is 2. The van der Waals surface area contributed by atoms with Gasteiger partial charge >= 0.3 is 6.03 Å². The molecule has 1 fully saturated rings. The molecule has 0 spiro atoms. The van der Waals surface area contributed by atoms with E-state index in [4.69, 9.17) is 5.73 Å². The van der Waals surface area contributed by atoms with Gasteiger partial charge in [-0.15, -0.1) is 12.4 Å². The second-order valence-electron chi connectivity index (χ2n) is 4.55. The van der Waals surface area contributed by atoms with Crippen molar-refractivity contribution in [1.29, 1.82) is 0 Å². The van der Waals surface area contributed by atoms with Crippen LogP contribution < -0.4 is 21.7 Å². The minimum atomic E-state index is -2.86. The third-order valence-electron chi connectivity index (χ3n) is 2.82. The summed E-state index contributed by atoms with van der Waals surface area (Å²) >= 11 is 0. The van der Waals surface area contributed by atoms with Crippen molar-refractivity contribution in [2.24, 2.45) is 5.73 Å². The minimum absolute atomic E-state index is 0. The van der Waals surface area contributed by atoms with Crippen LogP contribution in [0.25, 0.3) is 0 Å². The predicted molar refractivity (Wildman–Crippen MR) is 76.9 cm³/mol. The Bertz CT molecular complexity index is 542. The Labute approximate surface area is 125 Å². The van der Waals surface area contributed by atoms with Gasteiger partial charge in [-0.3, -0.25) is 10.1 Å². The van der Waals surface area contributed by atoms with E-state index in [0.717, 1.165) is 0 Å². The molecule has 9 heteroatoms. The molecule has 3 amide bonds. The van der Waals surface area contributed by atoms with Gasteiger partial charge in [0.05, 0.1) is 12.6 Å². The van der Waals surface area contributed by atoms with E-state index in [9.17, 15) is 18.4 Å². The van der Waals surface area contributed by atoms with Crippen LogP contribution in [0, 0.1) is 0 Å². The van der Waals surface area contributed by atoms with E-state index >= 15 is 0 Å². The summed E-state index contributed by atoms with van der Waals surface area (Å²) in [6.45, 7) is -0.506. The van der Waals surface area contributed by atoms with Crippen LogP contribution in [0.3, 0.4) is 0 Å². The van der Waals surface area contributed by atoms with E-state index < -0.39 is 36.9 Å². The van der Waals surface area contributed by atoms with Crippen molar-refractivity contribution in [1.82, 2.24) is 5.32 Å². The summed E-state index contributed by atoms with van der Waals surface area (Å²) in [5.74, 6) is -3.41. The highest BCUT2D eigenvalue weighted by Crippen LogP contribution is 2.26. The summed E-state index contributed by atoms with van der Waals surface area (Å²) in [6.07, 6.45) is -0.530. The molecule has 1 aliphatic rings. The summed E-state index contributed by atoms with van der Waals surface area (Å²) in [4.78, 5) is 22.5. The van der Waals surface area contributed by atoms with Crippen LogP contribution >= 0.6 is 12.4 Å². The molecule has 0 bridgehead atoms. The van der Waals surface area contributed by atoms with Gasteiger partial charge in [-0.05, 0) is 18.2 Å². The third kappa shape index (κ3) is 4.83. The zero-order valence-electron chi connectivity index (χ0n) is 10.9. The van der Waals surface area contributed by atoms with Crippen LogP contribution in [-0.2, 0) is 4.79 Å². The molecule has 1 unspecified atom stereocenters. The molecule has 0 aliphatic carbocycles. The number of carbonyl (C=O) groups excluding carboxylic acids is 2. The Balaban J connectivity index is 0.00000220. The molecule has 1 atom stereocenters. The molecule has 6 nitrogen and oxygen atoms in total. The van der Waals surface area contributed by atoms with Gasteiger partial charge < -0.3 is 16.4 Å². The van der Waals surface area contributed by atoms with E-state index in [1.165, 1.54) is 6.07 Å². The van der Waals surface area contributed by atoms with Crippen molar-refractivity contribution < 1.29 is 18.4 Å². The Morgan fingerprint density at radius 1 is 1.29 bits per heavy atom. The van der Waals surface area contributed by atoms with Gasteiger partial charge in [0.1, 0.15) is 0 Å². The topological polar surface area (TPSA) is 96.2 Å². The maximum atomic E-state index is 13.0. The van der Waals surface area contributed by atoms with E-state index in [-0.39, 0.29) is 12.4 Å². The lowest BCUT2D eigenvalue weighted by atomic mass is 10.1. The fourth-order valence-electron chi connectivity index (χ4n) is 1.95. The monoisotopic (exact) mass is 320 g/mol. The van der Waals surface area contributed by atoms with E-state index in [0.29, 0.717) is 11.4 Å². The van der Waals surface area contributed by atoms with Crippen molar-refractivity contribution in [2.45, 2.75) is 18.4 Å². The summed E-state index contributed by atoms with van der Waals surface area (Å²) in [5.41, 5.74) is 5.76. The lowest BCUT2D eigenvalue weighted by molar-refractivity contribution is -0.118. The zero-order chi connectivity index (χ0) is 14.8. The first-order chi connectivity index (χ1) is 9.35. The number of primary amides is 1. The first-order valence-corrected chi connectivity index (χ1v) is 5.94. The maximum Gasteiger partial charge on any atom is 0.316 e. The van der Waals surface area contributed by atoms with Gasteiger partial charge in [0.25, 0.3) is 5.92 Å². The van der Waals surface area contributed by atoms with Crippen LogP contribution in [0.5, 0.6) is 0 Å². The van der Waals surface area contributed by atoms with Crippen LogP contribution in [-0.4, -0.2) is 30.4 Å². The average Bonchev–Trinajstić information content (AvgIpc) is 2.69. The van der Waals surface area contributed by atoms with E-state index in [1.54, 1.807) is 18.2 Å². The van der Waals surface area contributed by atoms with Crippen molar-refractivity contribution in [3.63, 3.8) is 0 Å². The fraction of sp³-hybridized carbons (Fsp3) is 0.333. The first kappa shape index (κ1) is 17.1. The standard InChI is InChI=1S/C12H14F2N4O2.ClH/c13-12(14)5-9(16-6-12)10(19)17-7-2-1-3-8(4-7)18-11(15)20;/h1-4,9,16H,5-6H2,(H,17,19)(H3,15,18,20);1H. The van der Waals surface area contributed by atoms with Crippen LogP contribution in [0.2, 0.25) is 0 Å². The quantitative estimate of drug-likeness (QED) is 0.680. The molecular weight excluding hydrogens is 306 g/mol. The van der Waals surface area contributed by atoms with Gasteiger partial charge in [-0.1, -0.05) is 6.07 Å². The molecule has 0 radical (unpaired) electrons. The Morgan fingerprint density at radius 3 is 2.43 bits per heavy atom. The van der Waals surface area contributed by atoms with E-state index in [1.807, 2.05) is 0 Å². The summed E-state index contributed by atoms with van der Waals surface area (Å²) in [5, 5.41) is 7.32. The van der Waals surface area contributed by atoms with Crippen molar-refractivity contribution in [3.05, 3.63) is 24.3 Å². The normalized spacial score (nSPS) is 19.4. The first-order valence-electron chi connectivity index (χ1n) is 5.94. The smallest absolute Gasteiger partial charge is 0.316 e. The molecule has 2 rings (SSSR count). The SMILES string of the molecule is Cl.NC(=O)Nc1cccc(NC(=O)C2CC(F)(F)CN2)c1. The van der Waals surface area contributed by atoms with Gasteiger partial charge in [0, 0.05) is 17.8 Å². The van der Waals surface area contributed by atoms with Crippen molar-refractivity contribution in [3.8, 4) is 0 Å². The molecule has 1 aliphatic heterocycles. The number of rotatable bonds is 3. The number of hydrogen-bond donors (Lipinski definition) is 4. The fourth-order valence-corrected chi connectivity index (χ4v) is 1.95. The summed E-state index contributed by atoms with van der Waals surface area (Å²) in [7, 11) is 0. The highest BCUT2D eigenvalue weighted by atomic mass is 35.5. The molecule has 5 N–H and O–H groups in total. The Morgan fingerprint density at radius 2 is 1.90 bits per heavy atom. The van der Waals surface area contributed by atoms with Crippen molar-refractivity contribution in [2.75, 3.05) is 17.2 Å². The molecular formula is C12H15ClF2N4O2. The number of amides is 3. The van der Waals surface area contributed by atoms with E-state index in [2.05, 4.69) is 16.0 Å². The Hall–Kier alpha value is -1.93. The minimum Gasteiger partial charge on any atom is -0.351 e. The number of nitrogens with one attached hydrogen (secondary N) is 3. The van der Waals surface area contributed by atoms with Crippen molar-refractivity contribution >= 4 is 35.7 Å². The lowest BCUT2D eigenvalue weighted by Gasteiger charge is -2.12. The number of urea groups is 1. The molecule has 1 aromatic carbocycles. The highest BCUT2D eigenvalue weighted by Gasteiger charge is 2.42. The molecule has 1 aromatic rings. The molecule has 21 heavy (non-hydrogen) atoms. The predicted octanol–water partition coefficient (Wildman–Crippen LogP) is 1.53. The number of benzene rings is 1. The molecule has 116 valence electrons. The van der Waals surface area contributed by atoms with Crippen LogP contribution in [0.4, 0.5) is 25.0 Å². The largest absolute Gasteiger partial charge is 0.351 e. The van der Waals surface area contributed by atoms with Crippen LogP contribution in [0.1, 0.15) is 6.42 Å². The maximum absolute atomic E-state index is 13.0. The third-order valence-corrected chi connectivity index (χ3v) is 2.82. The summed E-state index contributed by atoms with van der Waals surface area (Å²) in [6, 6.07) is 4.58. The number of anilines is 2. The molecule has 0 aromatic heterocycles. The summed E-state index contributed by atoms with van der Waals surface area (Å²) < 4.78 is 26.0. The van der Waals surface area contributed by atoms with Gasteiger partial charge in [0.15, 0.2) is 0 Å². The van der Waals surface area contributed by atoms with Gasteiger partial charge in [-0.25, -0.2) is 13.6 Å². The number of halogens is 3. The second kappa shape index (κ2) is 6.68. The molecule has 1 saturated heterocycles. The zero-order valence-corrected chi connectivity index (χ0v) is 11.7. The molecule has 1 heterocycles. The van der Waals surface area contributed by atoms with Gasteiger partial charge in [-0.2, -0.15) is 0 Å². The molecule has 0 saturated carbocycles. The second-order valence-corrected chi connectivity index (χ2v) is 4.55. The number of alkyl halides is 2. The van der Waals surface area contributed by atoms with Crippen LogP contribution in [0.15, 0.2) is 24.3 Å². The van der Waals surface area contributed by atoms with Gasteiger partial charge in [0.2, 0.25) is 5.91 Å².